The number of nitrogens with zero attached hydrogens (tertiary/aromatic N) is 3. The van der Waals surface area contributed by atoms with Crippen LogP contribution in [0, 0.1) is 5.92 Å². The zero-order chi connectivity index (χ0) is 13.7. The lowest BCUT2D eigenvalue weighted by molar-refractivity contribution is -0.119. The van der Waals surface area contributed by atoms with E-state index in [9.17, 15) is 4.79 Å². The second-order valence-corrected chi connectivity index (χ2v) is 5.91. The zero-order valence-corrected chi connectivity index (χ0v) is 11.5. The van der Waals surface area contributed by atoms with E-state index in [-0.39, 0.29) is 5.91 Å². The quantitative estimate of drug-likeness (QED) is 0.882. The predicted molar refractivity (Wildman–Crippen MR) is 76.0 cm³/mol. The summed E-state index contributed by atoms with van der Waals surface area (Å²) in [6.45, 7) is 2.79. The van der Waals surface area contributed by atoms with Gasteiger partial charge in [-0.15, -0.1) is 0 Å². The molecular weight excluding hydrogens is 252 g/mol. The number of para-hydroxylation sites is 2. The lowest BCUT2D eigenvalue weighted by Gasteiger charge is -2.16. The normalized spacial score (nSPS) is 26.1. The third-order valence-electron chi connectivity index (χ3n) is 4.56. The summed E-state index contributed by atoms with van der Waals surface area (Å²) in [7, 11) is 2.07. The topological polar surface area (TPSA) is 50.2 Å². The standard InChI is InChI=1S/C15H18N4O/c1-18-13-5-3-2-4-11(13)16-14(18)9-19-7-10-6-15(20)17-12(10)8-19/h2-5,10,12H,6-9H2,1H3,(H,17,20)/t10-,12+/m0/s1. The number of carbonyl (C=O) groups is 1. The number of rotatable bonds is 2. The van der Waals surface area contributed by atoms with Crippen LogP contribution in [0.1, 0.15) is 12.2 Å². The molecule has 20 heavy (non-hydrogen) atoms. The molecule has 0 unspecified atom stereocenters. The van der Waals surface area contributed by atoms with Gasteiger partial charge < -0.3 is 9.88 Å². The second kappa shape index (κ2) is 4.31. The maximum absolute atomic E-state index is 11.3. The molecule has 5 nitrogen and oxygen atoms in total. The maximum atomic E-state index is 11.3. The smallest absolute Gasteiger partial charge is 0.220 e. The van der Waals surface area contributed by atoms with Gasteiger partial charge in [-0.05, 0) is 12.1 Å². The lowest BCUT2D eigenvalue weighted by atomic mass is 10.1. The van der Waals surface area contributed by atoms with E-state index < -0.39 is 0 Å². The average molecular weight is 270 g/mol. The van der Waals surface area contributed by atoms with Crippen LogP contribution < -0.4 is 5.32 Å². The molecule has 0 aliphatic carbocycles. The van der Waals surface area contributed by atoms with E-state index in [1.807, 2.05) is 12.1 Å². The van der Waals surface area contributed by atoms with Crippen LogP contribution in [0.5, 0.6) is 0 Å². The molecule has 1 aromatic heterocycles. The van der Waals surface area contributed by atoms with Crippen molar-refractivity contribution >= 4 is 16.9 Å². The highest BCUT2D eigenvalue weighted by molar-refractivity contribution is 5.79. The number of carbonyl (C=O) groups excluding carboxylic acids is 1. The summed E-state index contributed by atoms with van der Waals surface area (Å²) in [5.74, 6) is 1.79. The molecule has 0 radical (unpaired) electrons. The van der Waals surface area contributed by atoms with Crippen molar-refractivity contribution in [2.24, 2.45) is 13.0 Å². The summed E-state index contributed by atoms with van der Waals surface area (Å²) in [6.07, 6.45) is 0.684. The van der Waals surface area contributed by atoms with Gasteiger partial charge in [-0.2, -0.15) is 0 Å². The number of amides is 1. The number of hydrogen-bond acceptors (Lipinski definition) is 3. The van der Waals surface area contributed by atoms with E-state index in [1.54, 1.807) is 0 Å². The van der Waals surface area contributed by atoms with Crippen molar-refractivity contribution in [3.8, 4) is 0 Å². The molecule has 4 rings (SSSR count). The second-order valence-electron chi connectivity index (χ2n) is 5.91. The summed E-state index contributed by atoms with van der Waals surface area (Å²) >= 11 is 0. The van der Waals surface area contributed by atoms with Crippen LogP contribution in [-0.4, -0.2) is 39.5 Å². The Morgan fingerprint density at radius 1 is 1.35 bits per heavy atom. The zero-order valence-electron chi connectivity index (χ0n) is 11.5. The number of imidazole rings is 1. The first-order valence-electron chi connectivity index (χ1n) is 7.13. The van der Waals surface area contributed by atoms with Crippen LogP contribution in [-0.2, 0) is 18.4 Å². The van der Waals surface area contributed by atoms with Crippen molar-refractivity contribution in [1.29, 1.82) is 0 Å². The largest absolute Gasteiger partial charge is 0.352 e. The summed E-state index contributed by atoms with van der Waals surface area (Å²) in [6, 6.07) is 8.57. The van der Waals surface area contributed by atoms with Crippen molar-refractivity contribution in [3.63, 3.8) is 0 Å². The Labute approximate surface area is 117 Å². The SMILES string of the molecule is Cn1c(CN2C[C@@H]3CC(=O)N[C@@H]3C2)nc2ccccc21. The molecule has 0 spiro atoms. The Balaban J connectivity index is 1.54. The minimum absolute atomic E-state index is 0.211. The fraction of sp³-hybridized carbons (Fsp3) is 0.467. The van der Waals surface area contributed by atoms with Gasteiger partial charge >= 0.3 is 0 Å². The molecule has 2 fully saturated rings. The molecule has 1 aromatic carbocycles. The number of nitrogens with one attached hydrogen (secondary N) is 1. The van der Waals surface area contributed by atoms with Crippen LogP contribution in [0.25, 0.3) is 11.0 Å². The Morgan fingerprint density at radius 3 is 3.00 bits per heavy atom. The molecule has 0 saturated carbocycles. The molecule has 2 aliphatic rings. The van der Waals surface area contributed by atoms with Crippen LogP contribution in [0.2, 0.25) is 0 Å². The maximum Gasteiger partial charge on any atom is 0.220 e. The Hall–Kier alpha value is -1.88. The highest BCUT2D eigenvalue weighted by atomic mass is 16.2. The highest BCUT2D eigenvalue weighted by Gasteiger charge is 2.39. The summed E-state index contributed by atoms with van der Waals surface area (Å²) < 4.78 is 2.17. The summed E-state index contributed by atoms with van der Waals surface area (Å²) in [4.78, 5) is 18.5. The molecule has 2 saturated heterocycles. The van der Waals surface area contributed by atoms with Gasteiger partial charge in [-0.3, -0.25) is 9.69 Å². The number of likely N-dealkylation sites (tertiary alicyclic amines) is 1. The lowest BCUT2D eigenvalue weighted by Crippen LogP contribution is -2.32. The van der Waals surface area contributed by atoms with E-state index in [0.717, 1.165) is 31.0 Å². The van der Waals surface area contributed by atoms with Crippen molar-refractivity contribution in [3.05, 3.63) is 30.1 Å². The molecule has 2 atom stereocenters. The monoisotopic (exact) mass is 270 g/mol. The van der Waals surface area contributed by atoms with E-state index in [4.69, 9.17) is 4.98 Å². The average Bonchev–Trinajstić information content (AvgIpc) is 3.03. The number of fused-ring (bicyclic) bond motifs is 2. The van der Waals surface area contributed by atoms with Gasteiger partial charge in [0.15, 0.2) is 0 Å². The third kappa shape index (κ3) is 1.81. The molecule has 5 heteroatoms. The summed E-state index contributed by atoms with van der Waals surface area (Å²) in [5, 5.41) is 3.06. The molecule has 2 aliphatic heterocycles. The van der Waals surface area contributed by atoms with E-state index >= 15 is 0 Å². The fourth-order valence-corrected chi connectivity index (χ4v) is 3.50. The minimum atomic E-state index is 0.211. The molecule has 1 amide bonds. The number of aryl methyl sites for hydroxylation is 1. The van der Waals surface area contributed by atoms with Gasteiger partial charge in [0.05, 0.1) is 17.6 Å². The number of aromatic nitrogens is 2. The Bertz CT molecular complexity index is 662. The van der Waals surface area contributed by atoms with Crippen molar-refractivity contribution < 1.29 is 4.79 Å². The van der Waals surface area contributed by atoms with E-state index in [0.29, 0.717) is 18.4 Å². The van der Waals surface area contributed by atoms with Gasteiger partial charge in [-0.25, -0.2) is 4.98 Å². The Morgan fingerprint density at radius 2 is 2.20 bits per heavy atom. The van der Waals surface area contributed by atoms with Gasteiger partial charge in [-0.1, -0.05) is 12.1 Å². The van der Waals surface area contributed by atoms with Crippen LogP contribution in [0.3, 0.4) is 0 Å². The van der Waals surface area contributed by atoms with Gasteiger partial charge in [0, 0.05) is 38.5 Å². The molecule has 104 valence electrons. The molecule has 1 N–H and O–H groups in total. The Kier molecular flexibility index (Phi) is 2.57. The first-order chi connectivity index (χ1) is 9.70. The highest BCUT2D eigenvalue weighted by Crippen LogP contribution is 2.26. The van der Waals surface area contributed by atoms with Gasteiger partial charge in [0.2, 0.25) is 5.91 Å². The number of benzene rings is 1. The van der Waals surface area contributed by atoms with E-state index in [2.05, 4.69) is 34.0 Å². The van der Waals surface area contributed by atoms with Gasteiger partial charge in [0.25, 0.3) is 0 Å². The van der Waals surface area contributed by atoms with Crippen molar-refractivity contribution in [2.75, 3.05) is 13.1 Å². The number of hydrogen-bond donors (Lipinski definition) is 1. The molecular formula is C15H18N4O. The first-order valence-corrected chi connectivity index (χ1v) is 7.13. The van der Waals surface area contributed by atoms with Crippen molar-refractivity contribution in [1.82, 2.24) is 19.8 Å². The van der Waals surface area contributed by atoms with Gasteiger partial charge in [0.1, 0.15) is 5.82 Å². The molecule has 3 heterocycles. The molecule has 2 aromatic rings. The van der Waals surface area contributed by atoms with E-state index in [1.165, 1.54) is 5.52 Å². The van der Waals surface area contributed by atoms with Crippen LogP contribution in [0.4, 0.5) is 0 Å². The summed E-state index contributed by atoms with van der Waals surface area (Å²) in [5.41, 5.74) is 2.23. The van der Waals surface area contributed by atoms with Crippen LogP contribution >= 0.6 is 0 Å². The molecule has 0 bridgehead atoms. The third-order valence-corrected chi connectivity index (χ3v) is 4.56. The minimum Gasteiger partial charge on any atom is -0.352 e. The fourth-order valence-electron chi connectivity index (χ4n) is 3.50. The van der Waals surface area contributed by atoms with Crippen molar-refractivity contribution in [2.45, 2.75) is 19.0 Å². The first kappa shape index (κ1) is 11.9. The predicted octanol–water partition coefficient (Wildman–Crippen LogP) is 0.894. The van der Waals surface area contributed by atoms with Crippen LogP contribution in [0.15, 0.2) is 24.3 Å².